The van der Waals surface area contributed by atoms with Gasteiger partial charge in [-0.1, -0.05) is 6.42 Å². The molecule has 0 heterocycles. The molecule has 0 bridgehead atoms. The van der Waals surface area contributed by atoms with Crippen molar-refractivity contribution < 1.29 is 14.7 Å². The molecule has 8 heteroatoms. The summed E-state index contributed by atoms with van der Waals surface area (Å²) in [5.41, 5.74) is 10.9. The van der Waals surface area contributed by atoms with E-state index in [2.05, 4.69) is 10.6 Å². The summed E-state index contributed by atoms with van der Waals surface area (Å²) in [6, 6.07) is -0.545. The van der Waals surface area contributed by atoms with Crippen molar-refractivity contribution in [3.8, 4) is 0 Å². The van der Waals surface area contributed by atoms with Crippen molar-refractivity contribution in [2.24, 2.45) is 11.5 Å². The van der Waals surface area contributed by atoms with Crippen LogP contribution in [0.4, 0.5) is 4.79 Å². The molecule has 0 rings (SSSR count). The second kappa shape index (κ2) is 11.4. The van der Waals surface area contributed by atoms with Crippen LogP contribution in [-0.4, -0.2) is 42.8 Å². The number of nitrogens with two attached hydrogens (primary N) is 2. The number of hydrogen-bond donors (Lipinski definition) is 5. The Morgan fingerprint density at radius 2 is 1.76 bits per heavy atom. The van der Waals surface area contributed by atoms with Crippen LogP contribution in [0.2, 0.25) is 0 Å². The van der Waals surface area contributed by atoms with Gasteiger partial charge in [-0.15, -0.1) is 12.4 Å². The molecule has 17 heavy (non-hydrogen) atoms. The van der Waals surface area contributed by atoms with Crippen LogP contribution in [0.5, 0.6) is 0 Å². The van der Waals surface area contributed by atoms with Crippen LogP contribution in [0, 0.1) is 0 Å². The Bertz CT molecular complexity index is 228. The number of unbranched alkanes of at least 4 members (excludes halogenated alkanes) is 1. The highest BCUT2D eigenvalue weighted by molar-refractivity contribution is 5.85. The van der Waals surface area contributed by atoms with Crippen molar-refractivity contribution in [2.75, 3.05) is 19.6 Å². The minimum absolute atomic E-state index is 0. The van der Waals surface area contributed by atoms with E-state index < -0.39 is 12.1 Å². The minimum Gasteiger partial charge on any atom is -0.465 e. The Labute approximate surface area is 107 Å². The van der Waals surface area contributed by atoms with Crippen LogP contribution in [0.1, 0.15) is 19.3 Å². The lowest BCUT2D eigenvalue weighted by Crippen LogP contribution is -2.43. The second-order valence-corrected chi connectivity index (χ2v) is 3.41. The predicted molar refractivity (Wildman–Crippen MR) is 67.2 cm³/mol. The molecule has 0 radical (unpaired) electrons. The van der Waals surface area contributed by atoms with E-state index in [1.807, 2.05) is 0 Å². The Morgan fingerprint density at radius 3 is 2.29 bits per heavy atom. The standard InChI is InChI=1S/C9H20N4O3.ClH/c10-4-2-1-3-7(11)8(14)12-5-6-13-9(15)16;/h7,13H,1-6,10-11H2,(H,12,14)(H,15,16);1H/t7-;/m0./s1. The molecule has 0 aliphatic carbocycles. The largest absolute Gasteiger partial charge is 0.465 e. The van der Waals surface area contributed by atoms with Gasteiger partial charge in [0.05, 0.1) is 6.04 Å². The summed E-state index contributed by atoms with van der Waals surface area (Å²) in [4.78, 5) is 21.4. The van der Waals surface area contributed by atoms with Gasteiger partial charge in [0, 0.05) is 13.1 Å². The maximum Gasteiger partial charge on any atom is 0.404 e. The van der Waals surface area contributed by atoms with E-state index in [0.29, 0.717) is 13.0 Å². The minimum atomic E-state index is -1.11. The van der Waals surface area contributed by atoms with Crippen molar-refractivity contribution in [3.63, 3.8) is 0 Å². The van der Waals surface area contributed by atoms with Gasteiger partial charge in [0.15, 0.2) is 0 Å². The molecule has 0 aliphatic rings. The smallest absolute Gasteiger partial charge is 0.404 e. The molecule has 7 nitrogen and oxygen atoms in total. The number of halogens is 1. The fourth-order valence-corrected chi connectivity index (χ4v) is 1.13. The average molecular weight is 269 g/mol. The Balaban J connectivity index is 0. The molecule has 0 saturated heterocycles. The number of nitrogens with one attached hydrogen (secondary N) is 2. The summed E-state index contributed by atoms with van der Waals surface area (Å²) in [6.45, 7) is 1.02. The monoisotopic (exact) mass is 268 g/mol. The predicted octanol–water partition coefficient (Wildman–Crippen LogP) is -0.752. The lowest BCUT2D eigenvalue weighted by molar-refractivity contribution is -0.122. The highest BCUT2D eigenvalue weighted by Crippen LogP contribution is 1.97. The molecule has 0 unspecified atom stereocenters. The molecule has 0 spiro atoms. The van der Waals surface area contributed by atoms with E-state index in [0.717, 1.165) is 12.8 Å². The maximum atomic E-state index is 11.3. The lowest BCUT2D eigenvalue weighted by atomic mass is 10.1. The van der Waals surface area contributed by atoms with Gasteiger partial charge in [-0.25, -0.2) is 4.79 Å². The number of amides is 2. The fourth-order valence-electron chi connectivity index (χ4n) is 1.13. The van der Waals surface area contributed by atoms with E-state index in [1.54, 1.807) is 0 Å². The van der Waals surface area contributed by atoms with Crippen molar-refractivity contribution in [1.82, 2.24) is 10.6 Å². The van der Waals surface area contributed by atoms with Gasteiger partial charge in [0.25, 0.3) is 0 Å². The first-order chi connectivity index (χ1) is 7.57. The van der Waals surface area contributed by atoms with Crippen LogP contribution in [0.3, 0.4) is 0 Å². The lowest BCUT2D eigenvalue weighted by Gasteiger charge is -2.11. The summed E-state index contributed by atoms with van der Waals surface area (Å²) in [6.07, 6.45) is 1.15. The number of rotatable bonds is 8. The topological polar surface area (TPSA) is 130 Å². The first kappa shape index (κ1) is 18.3. The second-order valence-electron chi connectivity index (χ2n) is 3.41. The Kier molecular flexibility index (Phi) is 12.3. The van der Waals surface area contributed by atoms with Crippen molar-refractivity contribution in [1.29, 1.82) is 0 Å². The summed E-state index contributed by atoms with van der Waals surface area (Å²) in [7, 11) is 0. The molecule has 0 fully saturated rings. The van der Waals surface area contributed by atoms with E-state index in [1.165, 1.54) is 0 Å². The number of carbonyl (C=O) groups excluding carboxylic acids is 1. The van der Waals surface area contributed by atoms with Crippen LogP contribution in [0.15, 0.2) is 0 Å². The van der Waals surface area contributed by atoms with Crippen LogP contribution in [0.25, 0.3) is 0 Å². The average Bonchev–Trinajstić information content (AvgIpc) is 2.24. The molecule has 0 aromatic carbocycles. The highest BCUT2D eigenvalue weighted by atomic mass is 35.5. The van der Waals surface area contributed by atoms with Crippen LogP contribution < -0.4 is 22.1 Å². The third-order valence-corrected chi connectivity index (χ3v) is 2.01. The zero-order chi connectivity index (χ0) is 12.4. The molecular weight excluding hydrogens is 248 g/mol. The van der Waals surface area contributed by atoms with Crippen molar-refractivity contribution >= 4 is 24.4 Å². The zero-order valence-corrected chi connectivity index (χ0v) is 10.5. The molecule has 7 N–H and O–H groups in total. The van der Waals surface area contributed by atoms with Gasteiger partial charge in [-0.3, -0.25) is 4.79 Å². The van der Waals surface area contributed by atoms with Gasteiger partial charge < -0.3 is 27.2 Å². The van der Waals surface area contributed by atoms with E-state index in [-0.39, 0.29) is 31.4 Å². The third-order valence-electron chi connectivity index (χ3n) is 2.01. The van der Waals surface area contributed by atoms with E-state index in [9.17, 15) is 9.59 Å². The molecule has 0 saturated carbocycles. The van der Waals surface area contributed by atoms with Crippen LogP contribution in [-0.2, 0) is 4.79 Å². The normalized spacial score (nSPS) is 11.2. The molecule has 2 amide bonds. The molecule has 1 atom stereocenters. The SMILES string of the molecule is Cl.NCCCC[C@H](N)C(=O)NCCNC(=O)O. The molecule has 0 aliphatic heterocycles. The maximum absolute atomic E-state index is 11.3. The highest BCUT2D eigenvalue weighted by Gasteiger charge is 2.11. The number of carbonyl (C=O) groups is 2. The van der Waals surface area contributed by atoms with Gasteiger partial charge >= 0.3 is 6.09 Å². The zero-order valence-electron chi connectivity index (χ0n) is 9.65. The van der Waals surface area contributed by atoms with Gasteiger partial charge in [-0.2, -0.15) is 0 Å². The molecule has 102 valence electrons. The van der Waals surface area contributed by atoms with Gasteiger partial charge in [0.2, 0.25) is 5.91 Å². The number of hydrogen-bond acceptors (Lipinski definition) is 4. The first-order valence-electron chi connectivity index (χ1n) is 5.28. The van der Waals surface area contributed by atoms with Gasteiger partial charge in [-0.05, 0) is 19.4 Å². The van der Waals surface area contributed by atoms with Gasteiger partial charge in [0.1, 0.15) is 0 Å². The summed E-state index contributed by atoms with van der Waals surface area (Å²) in [5.74, 6) is -0.260. The number of carboxylic acid groups (broad SMARTS) is 1. The quantitative estimate of drug-likeness (QED) is 0.370. The first-order valence-corrected chi connectivity index (χ1v) is 5.28. The summed E-state index contributed by atoms with van der Waals surface area (Å²) >= 11 is 0. The fraction of sp³-hybridized carbons (Fsp3) is 0.778. The third kappa shape index (κ3) is 11.2. The van der Waals surface area contributed by atoms with E-state index in [4.69, 9.17) is 16.6 Å². The van der Waals surface area contributed by atoms with E-state index >= 15 is 0 Å². The Hall–Kier alpha value is -1.05. The molecule has 0 aromatic heterocycles. The Morgan fingerprint density at radius 1 is 1.18 bits per heavy atom. The summed E-state index contributed by atoms with van der Waals surface area (Å²) < 4.78 is 0. The van der Waals surface area contributed by atoms with Crippen LogP contribution >= 0.6 is 12.4 Å². The molecule has 0 aromatic rings. The van der Waals surface area contributed by atoms with Crippen molar-refractivity contribution in [3.05, 3.63) is 0 Å². The molecular formula is C9H21ClN4O3. The van der Waals surface area contributed by atoms with Crippen molar-refractivity contribution in [2.45, 2.75) is 25.3 Å². The summed E-state index contributed by atoms with van der Waals surface area (Å²) in [5, 5.41) is 13.0.